The van der Waals surface area contributed by atoms with E-state index >= 15 is 0 Å². The van der Waals surface area contributed by atoms with Crippen molar-refractivity contribution in [2.75, 3.05) is 11.9 Å². The van der Waals surface area contributed by atoms with Gasteiger partial charge in [-0.25, -0.2) is 0 Å². The Morgan fingerprint density at radius 2 is 2.18 bits per heavy atom. The highest BCUT2D eigenvalue weighted by atomic mass is 16.3. The van der Waals surface area contributed by atoms with Crippen LogP contribution in [0.1, 0.15) is 31.5 Å². The minimum atomic E-state index is -0.0445. The van der Waals surface area contributed by atoms with Crippen LogP contribution >= 0.6 is 0 Å². The van der Waals surface area contributed by atoms with Crippen molar-refractivity contribution in [3.63, 3.8) is 0 Å². The first-order chi connectivity index (χ1) is 7.99. The summed E-state index contributed by atoms with van der Waals surface area (Å²) in [6, 6.07) is 2.10. The predicted molar refractivity (Wildman–Crippen MR) is 66.6 cm³/mol. The third-order valence-electron chi connectivity index (χ3n) is 2.65. The summed E-state index contributed by atoms with van der Waals surface area (Å²) in [5.41, 5.74) is 1.26. The summed E-state index contributed by atoms with van der Waals surface area (Å²) in [4.78, 5) is 0. The predicted octanol–water partition coefficient (Wildman–Crippen LogP) is 1.42. The molecule has 1 unspecified atom stereocenters. The number of rotatable bonds is 5. The number of hydrogen-bond donors (Lipinski definition) is 2. The molecule has 1 aromatic rings. The molecule has 1 heterocycles. The highest BCUT2D eigenvalue weighted by Gasteiger charge is 2.17. The Morgan fingerprint density at radius 3 is 2.65 bits per heavy atom. The second-order valence-electron chi connectivity index (χ2n) is 4.70. The van der Waals surface area contributed by atoms with Gasteiger partial charge in [0.2, 0.25) is 0 Å². The van der Waals surface area contributed by atoms with Gasteiger partial charge in [-0.3, -0.25) is 4.68 Å². The Kier molecular flexibility index (Phi) is 4.53. The lowest BCUT2D eigenvalue weighted by molar-refractivity contribution is 0.259. The molecule has 5 nitrogen and oxygen atoms in total. The highest BCUT2D eigenvalue weighted by molar-refractivity contribution is 5.55. The number of nitriles is 1. The normalized spacial score (nSPS) is 12.5. The van der Waals surface area contributed by atoms with Gasteiger partial charge in [0.25, 0.3) is 0 Å². The summed E-state index contributed by atoms with van der Waals surface area (Å²) in [6.07, 6.45) is 0.853. The SMILES string of the molecule is Cc1nn(C)c(NC(CO)CC(C)C)c1C#N. The van der Waals surface area contributed by atoms with Crippen molar-refractivity contribution < 1.29 is 5.11 Å². The van der Waals surface area contributed by atoms with Crippen molar-refractivity contribution >= 4 is 5.82 Å². The maximum Gasteiger partial charge on any atom is 0.142 e. The van der Waals surface area contributed by atoms with Gasteiger partial charge in [-0.05, 0) is 19.3 Å². The zero-order valence-corrected chi connectivity index (χ0v) is 10.9. The van der Waals surface area contributed by atoms with Crippen LogP contribution < -0.4 is 5.32 Å². The van der Waals surface area contributed by atoms with Crippen LogP contribution in [0.3, 0.4) is 0 Å². The van der Waals surface area contributed by atoms with Crippen LogP contribution in [-0.2, 0) is 7.05 Å². The van der Waals surface area contributed by atoms with Crippen molar-refractivity contribution in [1.29, 1.82) is 5.26 Å². The fourth-order valence-corrected chi connectivity index (χ4v) is 1.90. The molecule has 2 N–H and O–H groups in total. The molecule has 0 spiro atoms. The average Bonchev–Trinajstić information content (AvgIpc) is 2.51. The Bertz CT molecular complexity index is 417. The Morgan fingerprint density at radius 1 is 1.53 bits per heavy atom. The van der Waals surface area contributed by atoms with Gasteiger partial charge in [0.05, 0.1) is 18.3 Å². The van der Waals surface area contributed by atoms with Crippen LogP contribution in [-0.4, -0.2) is 27.5 Å². The first kappa shape index (κ1) is 13.5. The van der Waals surface area contributed by atoms with Crippen LogP contribution in [0.15, 0.2) is 0 Å². The van der Waals surface area contributed by atoms with E-state index in [-0.39, 0.29) is 12.6 Å². The van der Waals surface area contributed by atoms with Gasteiger partial charge in [-0.1, -0.05) is 13.8 Å². The number of aliphatic hydroxyl groups is 1. The van der Waals surface area contributed by atoms with Crippen molar-refractivity contribution in [2.24, 2.45) is 13.0 Å². The lowest BCUT2D eigenvalue weighted by atomic mass is 10.0. The van der Waals surface area contributed by atoms with Gasteiger partial charge >= 0.3 is 0 Å². The van der Waals surface area contributed by atoms with E-state index in [1.165, 1.54) is 0 Å². The molecular formula is C12H20N4O. The van der Waals surface area contributed by atoms with Gasteiger partial charge in [0.15, 0.2) is 0 Å². The van der Waals surface area contributed by atoms with E-state index < -0.39 is 0 Å². The molecule has 1 rings (SSSR count). The first-order valence-electron chi connectivity index (χ1n) is 5.80. The summed E-state index contributed by atoms with van der Waals surface area (Å²) >= 11 is 0. The largest absolute Gasteiger partial charge is 0.394 e. The van der Waals surface area contributed by atoms with Crippen LogP contribution in [0.4, 0.5) is 5.82 Å². The lowest BCUT2D eigenvalue weighted by Gasteiger charge is -2.19. The average molecular weight is 236 g/mol. The highest BCUT2D eigenvalue weighted by Crippen LogP contribution is 2.19. The number of hydrogen-bond acceptors (Lipinski definition) is 4. The monoisotopic (exact) mass is 236 g/mol. The molecule has 0 aliphatic heterocycles. The summed E-state index contributed by atoms with van der Waals surface area (Å²) < 4.78 is 1.65. The van der Waals surface area contributed by atoms with Gasteiger partial charge < -0.3 is 10.4 Å². The van der Waals surface area contributed by atoms with Gasteiger partial charge in [-0.15, -0.1) is 0 Å². The van der Waals surface area contributed by atoms with Crippen LogP contribution in [0, 0.1) is 24.2 Å². The van der Waals surface area contributed by atoms with Gasteiger partial charge in [0.1, 0.15) is 17.5 Å². The molecule has 0 radical (unpaired) electrons. The minimum Gasteiger partial charge on any atom is -0.394 e. The Balaban J connectivity index is 2.90. The second kappa shape index (κ2) is 5.69. The third-order valence-corrected chi connectivity index (χ3v) is 2.65. The molecule has 0 aromatic carbocycles. The fourth-order valence-electron chi connectivity index (χ4n) is 1.90. The quantitative estimate of drug-likeness (QED) is 0.811. The van der Waals surface area contributed by atoms with Gasteiger partial charge in [-0.2, -0.15) is 10.4 Å². The van der Waals surface area contributed by atoms with E-state index in [2.05, 4.69) is 30.3 Å². The summed E-state index contributed by atoms with van der Waals surface area (Å²) in [5, 5.41) is 25.8. The zero-order chi connectivity index (χ0) is 13.0. The molecule has 1 aromatic heterocycles. The molecule has 1 atom stereocenters. The van der Waals surface area contributed by atoms with Crippen molar-refractivity contribution in [1.82, 2.24) is 9.78 Å². The van der Waals surface area contributed by atoms with E-state index in [1.807, 2.05) is 0 Å². The molecule has 0 saturated heterocycles. The fraction of sp³-hybridized carbons (Fsp3) is 0.667. The molecule has 0 bridgehead atoms. The van der Waals surface area contributed by atoms with Crippen LogP contribution in [0.25, 0.3) is 0 Å². The Hall–Kier alpha value is -1.54. The number of nitrogens with zero attached hydrogens (tertiary/aromatic N) is 3. The van der Waals surface area contributed by atoms with E-state index in [0.717, 1.165) is 6.42 Å². The van der Waals surface area contributed by atoms with E-state index in [4.69, 9.17) is 5.26 Å². The molecule has 0 fully saturated rings. The molecule has 0 aliphatic carbocycles. The number of aromatic nitrogens is 2. The third kappa shape index (κ3) is 3.21. The Labute approximate surface area is 102 Å². The van der Waals surface area contributed by atoms with Crippen LogP contribution in [0.5, 0.6) is 0 Å². The van der Waals surface area contributed by atoms with E-state index in [1.54, 1.807) is 18.7 Å². The maximum atomic E-state index is 9.32. The number of aliphatic hydroxyl groups excluding tert-OH is 1. The van der Waals surface area contributed by atoms with Gasteiger partial charge in [0, 0.05) is 7.05 Å². The van der Waals surface area contributed by atoms with Crippen molar-refractivity contribution in [3.05, 3.63) is 11.3 Å². The topological polar surface area (TPSA) is 73.9 Å². The zero-order valence-electron chi connectivity index (χ0n) is 10.9. The lowest BCUT2D eigenvalue weighted by Crippen LogP contribution is -2.27. The maximum absolute atomic E-state index is 9.32. The van der Waals surface area contributed by atoms with Crippen molar-refractivity contribution in [3.8, 4) is 6.07 Å². The molecule has 94 valence electrons. The number of aryl methyl sites for hydroxylation is 2. The smallest absolute Gasteiger partial charge is 0.142 e. The molecular weight excluding hydrogens is 216 g/mol. The molecule has 0 amide bonds. The molecule has 5 heteroatoms. The summed E-state index contributed by atoms with van der Waals surface area (Å²) in [7, 11) is 1.79. The minimum absolute atomic E-state index is 0.0445. The second-order valence-corrected chi connectivity index (χ2v) is 4.70. The number of anilines is 1. The van der Waals surface area contributed by atoms with Crippen LogP contribution in [0.2, 0.25) is 0 Å². The molecule has 0 saturated carbocycles. The number of nitrogens with one attached hydrogen (secondary N) is 1. The first-order valence-corrected chi connectivity index (χ1v) is 5.80. The van der Waals surface area contributed by atoms with E-state index in [9.17, 15) is 5.11 Å². The molecule has 17 heavy (non-hydrogen) atoms. The summed E-state index contributed by atoms with van der Waals surface area (Å²) in [6.45, 7) is 6.06. The molecule has 0 aliphatic rings. The summed E-state index contributed by atoms with van der Waals surface area (Å²) in [5.74, 6) is 1.17. The van der Waals surface area contributed by atoms with E-state index in [0.29, 0.717) is 23.0 Å². The standard InChI is InChI=1S/C12H20N4O/c1-8(2)5-10(7-17)14-12-11(6-13)9(3)15-16(12)4/h8,10,14,17H,5,7H2,1-4H3. The van der Waals surface area contributed by atoms with Crippen molar-refractivity contribution in [2.45, 2.75) is 33.2 Å².